The van der Waals surface area contributed by atoms with Gasteiger partial charge in [-0.25, -0.2) is 0 Å². The molecule has 4 rings (SSSR count). The molecule has 0 saturated carbocycles. The fraction of sp³-hybridized carbons (Fsp3) is 0.250. The highest BCUT2D eigenvalue weighted by Gasteiger charge is 2.23. The second-order valence-corrected chi connectivity index (χ2v) is 8.09. The smallest absolute Gasteiger partial charge is 0.221 e. The zero-order valence-electron chi connectivity index (χ0n) is 19.2. The molecule has 3 aromatic carbocycles. The van der Waals surface area contributed by atoms with Gasteiger partial charge in [0, 0.05) is 49.6 Å². The highest BCUT2D eigenvalue weighted by atomic mass is 16.5. The zero-order valence-corrected chi connectivity index (χ0v) is 19.2. The van der Waals surface area contributed by atoms with Crippen molar-refractivity contribution in [1.29, 1.82) is 0 Å². The van der Waals surface area contributed by atoms with Gasteiger partial charge in [-0.15, -0.1) is 0 Å². The number of carbonyl (C=O) groups excluding carboxylic acids is 1. The molecule has 0 fully saturated rings. The van der Waals surface area contributed by atoms with Crippen LogP contribution >= 0.6 is 0 Å². The molecule has 1 N–H and O–H groups in total. The van der Waals surface area contributed by atoms with Crippen LogP contribution in [0.25, 0.3) is 10.9 Å². The summed E-state index contributed by atoms with van der Waals surface area (Å²) >= 11 is 0. The van der Waals surface area contributed by atoms with Crippen molar-refractivity contribution >= 4 is 16.8 Å². The fourth-order valence-corrected chi connectivity index (χ4v) is 4.26. The van der Waals surface area contributed by atoms with Gasteiger partial charge in [0.15, 0.2) is 0 Å². The van der Waals surface area contributed by atoms with Crippen molar-refractivity contribution in [2.75, 3.05) is 27.4 Å². The molecule has 0 unspecified atom stereocenters. The topological polar surface area (TPSA) is 52.5 Å². The normalized spacial score (nSPS) is 11.9. The second kappa shape index (κ2) is 10.8. The molecule has 4 aromatic rings. The highest BCUT2D eigenvalue weighted by molar-refractivity contribution is 5.86. The number of carbonyl (C=O) groups is 1. The van der Waals surface area contributed by atoms with Crippen LogP contribution < -0.4 is 10.1 Å². The number of ether oxygens (including phenoxy) is 2. The summed E-state index contributed by atoms with van der Waals surface area (Å²) < 4.78 is 12.7. The minimum absolute atomic E-state index is 0.00718. The maximum Gasteiger partial charge on any atom is 0.221 e. The largest absolute Gasteiger partial charge is 0.497 e. The Kier molecular flexibility index (Phi) is 7.43. The Hall–Kier alpha value is -3.57. The Balaban J connectivity index is 1.73. The minimum Gasteiger partial charge on any atom is -0.497 e. The number of nitrogens with zero attached hydrogens (tertiary/aromatic N) is 1. The van der Waals surface area contributed by atoms with Crippen molar-refractivity contribution in [3.05, 3.63) is 102 Å². The molecule has 1 amide bonds. The third-order valence-electron chi connectivity index (χ3n) is 5.93. The Morgan fingerprint density at radius 1 is 0.939 bits per heavy atom. The van der Waals surface area contributed by atoms with Crippen molar-refractivity contribution in [3.63, 3.8) is 0 Å². The van der Waals surface area contributed by atoms with E-state index in [1.165, 1.54) is 10.9 Å². The molecule has 0 bridgehead atoms. The SMILES string of the molecule is COCCNC(=O)C[C@@H](c1ccc(OC)cc1)c1cn(Cc2ccccc2)c2ccccc12. The quantitative estimate of drug-likeness (QED) is 0.352. The molecule has 1 heterocycles. The number of rotatable bonds is 10. The van der Waals surface area contributed by atoms with Gasteiger partial charge in [-0.1, -0.05) is 60.7 Å². The monoisotopic (exact) mass is 442 g/mol. The van der Waals surface area contributed by atoms with Crippen molar-refractivity contribution in [3.8, 4) is 5.75 Å². The summed E-state index contributed by atoms with van der Waals surface area (Å²) in [7, 11) is 3.29. The van der Waals surface area contributed by atoms with Crippen LogP contribution in [0.15, 0.2) is 85.1 Å². The molecule has 1 atom stereocenters. The number of hydrogen-bond acceptors (Lipinski definition) is 3. The van der Waals surface area contributed by atoms with E-state index in [0.29, 0.717) is 19.6 Å². The van der Waals surface area contributed by atoms with Gasteiger partial charge in [-0.3, -0.25) is 4.79 Å². The first-order valence-corrected chi connectivity index (χ1v) is 11.2. The molecule has 170 valence electrons. The first kappa shape index (κ1) is 22.6. The van der Waals surface area contributed by atoms with Crippen LogP contribution in [0.5, 0.6) is 5.75 Å². The van der Waals surface area contributed by atoms with E-state index in [1.807, 2.05) is 18.2 Å². The molecule has 0 aliphatic heterocycles. The Bertz CT molecular complexity index is 1180. The summed E-state index contributed by atoms with van der Waals surface area (Å²) in [6, 6.07) is 26.8. The van der Waals surface area contributed by atoms with Gasteiger partial charge in [0.1, 0.15) is 5.75 Å². The van der Waals surface area contributed by atoms with Crippen LogP contribution in [0.3, 0.4) is 0 Å². The predicted molar refractivity (Wildman–Crippen MR) is 132 cm³/mol. The number of benzene rings is 3. The van der Waals surface area contributed by atoms with E-state index < -0.39 is 0 Å². The van der Waals surface area contributed by atoms with Crippen molar-refractivity contribution < 1.29 is 14.3 Å². The molecule has 1 aromatic heterocycles. The molecule has 0 aliphatic carbocycles. The van der Waals surface area contributed by atoms with Crippen LogP contribution in [0.2, 0.25) is 0 Å². The van der Waals surface area contributed by atoms with Gasteiger partial charge in [-0.05, 0) is 34.9 Å². The lowest BCUT2D eigenvalue weighted by Crippen LogP contribution is -2.28. The molecule has 33 heavy (non-hydrogen) atoms. The number of amides is 1. The van der Waals surface area contributed by atoms with Crippen LogP contribution in [-0.4, -0.2) is 37.8 Å². The summed E-state index contributed by atoms with van der Waals surface area (Å²) in [5.74, 6) is 0.724. The summed E-state index contributed by atoms with van der Waals surface area (Å²) in [4.78, 5) is 12.8. The Morgan fingerprint density at radius 3 is 2.39 bits per heavy atom. The van der Waals surface area contributed by atoms with Crippen molar-refractivity contribution in [2.24, 2.45) is 0 Å². The van der Waals surface area contributed by atoms with Gasteiger partial charge in [0.25, 0.3) is 0 Å². The summed E-state index contributed by atoms with van der Waals surface area (Å²) in [6.07, 6.45) is 2.56. The number of nitrogens with one attached hydrogen (secondary N) is 1. The van der Waals surface area contributed by atoms with Crippen LogP contribution in [0.4, 0.5) is 0 Å². The lowest BCUT2D eigenvalue weighted by Gasteiger charge is -2.18. The number of fused-ring (bicyclic) bond motifs is 1. The lowest BCUT2D eigenvalue weighted by atomic mass is 9.88. The van der Waals surface area contributed by atoms with E-state index in [-0.39, 0.29) is 11.8 Å². The number of aromatic nitrogens is 1. The Morgan fingerprint density at radius 2 is 1.67 bits per heavy atom. The maximum atomic E-state index is 12.8. The summed E-state index contributed by atoms with van der Waals surface area (Å²) in [5, 5.41) is 4.14. The first-order chi connectivity index (χ1) is 16.2. The van der Waals surface area contributed by atoms with Gasteiger partial charge in [0.05, 0.1) is 13.7 Å². The minimum atomic E-state index is -0.0830. The van der Waals surface area contributed by atoms with Crippen molar-refractivity contribution in [1.82, 2.24) is 9.88 Å². The van der Waals surface area contributed by atoms with E-state index in [4.69, 9.17) is 9.47 Å². The average Bonchev–Trinajstić information content (AvgIpc) is 3.21. The van der Waals surface area contributed by atoms with Gasteiger partial charge >= 0.3 is 0 Å². The predicted octanol–water partition coefficient (Wildman–Crippen LogP) is 4.98. The molecule has 5 heteroatoms. The van der Waals surface area contributed by atoms with Gasteiger partial charge in [-0.2, -0.15) is 0 Å². The average molecular weight is 443 g/mol. The van der Waals surface area contributed by atoms with E-state index in [1.54, 1.807) is 14.2 Å². The van der Waals surface area contributed by atoms with Crippen molar-refractivity contribution in [2.45, 2.75) is 18.9 Å². The fourth-order valence-electron chi connectivity index (χ4n) is 4.26. The van der Waals surface area contributed by atoms with E-state index in [2.05, 4.69) is 76.7 Å². The first-order valence-electron chi connectivity index (χ1n) is 11.2. The molecular formula is C28H30N2O3. The molecule has 0 aliphatic rings. The maximum absolute atomic E-state index is 12.8. The lowest BCUT2D eigenvalue weighted by molar-refractivity contribution is -0.121. The molecular weight excluding hydrogens is 412 g/mol. The summed E-state index contributed by atoms with van der Waals surface area (Å²) in [5.41, 5.74) is 4.63. The summed E-state index contributed by atoms with van der Waals surface area (Å²) in [6.45, 7) is 1.77. The molecule has 0 saturated heterocycles. The molecule has 5 nitrogen and oxygen atoms in total. The van der Waals surface area contributed by atoms with E-state index in [0.717, 1.165) is 28.9 Å². The third kappa shape index (κ3) is 5.44. The number of methoxy groups -OCH3 is 2. The van der Waals surface area contributed by atoms with Crippen LogP contribution in [0, 0.1) is 0 Å². The van der Waals surface area contributed by atoms with E-state index in [9.17, 15) is 4.79 Å². The standard InChI is InChI=1S/C28H30N2O3/c1-32-17-16-29-28(31)18-25(22-12-14-23(33-2)15-13-22)26-20-30(19-21-8-4-3-5-9-21)27-11-7-6-10-24(26)27/h3-15,20,25H,16-19H2,1-2H3,(H,29,31)/t25-/m0/s1. The highest BCUT2D eigenvalue weighted by Crippen LogP contribution is 2.35. The number of hydrogen-bond donors (Lipinski definition) is 1. The van der Waals surface area contributed by atoms with Crippen LogP contribution in [0.1, 0.15) is 29.0 Å². The van der Waals surface area contributed by atoms with Gasteiger partial charge < -0.3 is 19.4 Å². The molecule has 0 radical (unpaired) electrons. The Labute approximate surface area is 195 Å². The number of para-hydroxylation sites is 1. The molecule has 0 spiro atoms. The van der Waals surface area contributed by atoms with Crippen LogP contribution in [-0.2, 0) is 16.1 Å². The third-order valence-corrected chi connectivity index (χ3v) is 5.93. The second-order valence-electron chi connectivity index (χ2n) is 8.09. The van der Waals surface area contributed by atoms with E-state index >= 15 is 0 Å². The van der Waals surface area contributed by atoms with Gasteiger partial charge in [0.2, 0.25) is 5.91 Å². The zero-order chi connectivity index (χ0) is 23.0.